The Morgan fingerprint density at radius 1 is 1.10 bits per heavy atom. The third-order valence-corrected chi connectivity index (χ3v) is 5.75. The number of furan rings is 1. The lowest BCUT2D eigenvalue weighted by atomic mass is 10.1. The number of aliphatic imine (C=N–C) groups is 1. The van der Waals surface area contributed by atoms with E-state index in [9.17, 15) is 4.79 Å². The molecule has 0 unspecified atom stereocenters. The fraction of sp³-hybridized carbons (Fsp3) is 0.500. The van der Waals surface area contributed by atoms with E-state index in [0.717, 1.165) is 38.0 Å². The van der Waals surface area contributed by atoms with Gasteiger partial charge in [0, 0.05) is 59.1 Å². The summed E-state index contributed by atoms with van der Waals surface area (Å²) >= 11 is 0. The fourth-order valence-corrected chi connectivity index (χ4v) is 4.06. The van der Waals surface area contributed by atoms with E-state index in [2.05, 4.69) is 31.2 Å². The van der Waals surface area contributed by atoms with Crippen molar-refractivity contribution >= 4 is 41.7 Å². The van der Waals surface area contributed by atoms with Crippen LogP contribution in [-0.2, 0) is 6.54 Å². The Morgan fingerprint density at radius 3 is 2.52 bits per heavy atom. The summed E-state index contributed by atoms with van der Waals surface area (Å²) < 4.78 is 5.24. The number of guanidine groups is 1. The number of rotatable bonds is 4. The molecule has 2 fully saturated rings. The second kappa shape index (κ2) is 11.4. The quantitative estimate of drug-likeness (QED) is 0.367. The van der Waals surface area contributed by atoms with Crippen LogP contribution >= 0.6 is 24.0 Å². The molecule has 2 saturated heterocycles. The van der Waals surface area contributed by atoms with Crippen LogP contribution in [0.15, 0.2) is 46.1 Å². The van der Waals surface area contributed by atoms with Crippen LogP contribution in [0, 0.1) is 0 Å². The van der Waals surface area contributed by atoms with E-state index < -0.39 is 0 Å². The molecule has 0 bridgehead atoms. The summed E-state index contributed by atoms with van der Waals surface area (Å²) in [7, 11) is 1.80. The zero-order chi connectivity index (χ0) is 20.8. The number of hydrogen-bond donors (Lipinski definition) is 1. The Labute approximate surface area is 200 Å². The molecule has 0 radical (unpaired) electrons. The molecule has 2 aliphatic heterocycles. The van der Waals surface area contributed by atoms with Crippen molar-refractivity contribution in [3.05, 3.63) is 48.0 Å². The van der Waals surface area contributed by atoms with Gasteiger partial charge in [-0.15, -0.1) is 24.0 Å². The minimum atomic E-state index is -0.0513. The van der Waals surface area contributed by atoms with Crippen LogP contribution in [0.5, 0.6) is 0 Å². The lowest BCUT2D eigenvalue weighted by Crippen LogP contribution is -2.53. The Morgan fingerprint density at radius 2 is 1.84 bits per heavy atom. The van der Waals surface area contributed by atoms with Gasteiger partial charge in [-0.25, -0.2) is 4.98 Å². The zero-order valence-electron chi connectivity index (χ0n) is 18.0. The number of halogens is 1. The van der Waals surface area contributed by atoms with Gasteiger partial charge >= 0.3 is 0 Å². The summed E-state index contributed by atoms with van der Waals surface area (Å²) in [6.45, 7) is 5.65. The van der Waals surface area contributed by atoms with Gasteiger partial charge in [0.15, 0.2) is 11.7 Å². The Hall–Kier alpha value is -2.30. The van der Waals surface area contributed by atoms with Crippen molar-refractivity contribution in [2.24, 2.45) is 4.99 Å². The SMILES string of the molecule is CN=C(NCc1ccnc(N2CCCCC2)c1)N1CCN(C(=O)c2ccco2)CC1.I. The maximum Gasteiger partial charge on any atom is 0.289 e. The number of nitrogens with zero attached hydrogens (tertiary/aromatic N) is 5. The predicted octanol–water partition coefficient (Wildman–Crippen LogP) is 2.82. The first-order valence-electron chi connectivity index (χ1n) is 10.7. The fourth-order valence-electron chi connectivity index (χ4n) is 4.06. The molecule has 2 aromatic rings. The standard InChI is InChI=1S/C22H30N6O2.HI/c1-23-22(28-13-11-27(12-14-28)21(29)19-6-5-15-30-19)25-17-18-7-8-24-20(16-18)26-9-3-2-4-10-26;/h5-8,15-16H,2-4,9-14,17H2,1H3,(H,23,25);1H. The molecule has 0 atom stereocenters. The maximum atomic E-state index is 12.4. The van der Waals surface area contributed by atoms with Crippen LogP contribution in [0.4, 0.5) is 5.82 Å². The van der Waals surface area contributed by atoms with Gasteiger partial charge in [-0.1, -0.05) is 0 Å². The number of carbonyl (C=O) groups is 1. The minimum Gasteiger partial charge on any atom is -0.459 e. The molecule has 4 rings (SSSR count). The van der Waals surface area contributed by atoms with Crippen molar-refractivity contribution in [1.82, 2.24) is 20.1 Å². The van der Waals surface area contributed by atoms with Crippen LogP contribution in [0.2, 0.25) is 0 Å². The van der Waals surface area contributed by atoms with Gasteiger partial charge < -0.3 is 24.4 Å². The van der Waals surface area contributed by atoms with Crippen LogP contribution in [0.3, 0.4) is 0 Å². The molecule has 0 spiro atoms. The van der Waals surface area contributed by atoms with Gasteiger partial charge in [-0.3, -0.25) is 9.79 Å². The van der Waals surface area contributed by atoms with Crippen molar-refractivity contribution in [3.8, 4) is 0 Å². The molecule has 4 heterocycles. The largest absolute Gasteiger partial charge is 0.459 e. The van der Waals surface area contributed by atoms with Gasteiger partial charge in [0.2, 0.25) is 0 Å². The van der Waals surface area contributed by atoms with Crippen molar-refractivity contribution in [1.29, 1.82) is 0 Å². The van der Waals surface area contributed by atoms with E-state index in [0.29, 0.717) is 25.4 Å². The number of carbonyl (C=O) groups excluding carboxylic acids is 1. The predicted molar refractivity (Wildman–Crippen MR) is 132 cm³/mol. The number of piperidine rings is 1. The number of nitrogens with one attached hydrogen (secondary N) is 1. The monoisotopic (exact) mass is 538 g/mol. The molecule has 0 aliphatic carbocycles. The van der Waals surface area contributed by atoms with E-state index >= 15 is 0 Å². The summed E-state index contributed by atoms with van der Waals surface area (Å²) in [4.78, 5) is 27.8. The van der Waals surface area contributed by atoms with Gasteiger partial charge in [0.25, 0.3) is 5.91 Å². The van der Waals surface area contributed by atoms with Crippen molar-refractivity contribution in [2.75, 3.05) is 51.2 Å². The first-order valence-corrected chi connectivity index (χ1v) is 10.7. The van der Waals surface area contributed by atoms with E-state index in [1.54, 1.807) is 19.2 Å². The van der Waals surface area contributed by atoms with E-state index in [1.807, 2.05) is 17.2 Å². The second-order valence-corrected chi connectivity index (χ2v) is 7.73. The molecule has 9 heteroatoms. The lowest BCUT2D eigenvalue weighted by Gasteiger charge is -2.36. The second-order valence-electron chi connectivity index (χ2n) is 7.73. The van der Waals surface area contributed by atoms with Gasteiger partial charge in [0.05, 0.1) is 6.26 Å². The molecule has 2 aromatic heterocycles. The van der Waals surface area contributed by atoms with Gasteiger partial charge in [0.1, 0.15) is 5.82 Å². The molecule has 168 valence electrons. The van der Waals surface area contributed by atoms with Crippen LogP contribution in [0.25, 0.3) is 0 Å². The lowest BCUT2D eigenvalue weighted by molar-refractivity contribution is 0.0657. The average molecular weight is 538 g/mol. The van der Waals surface area contributed by atoms with Crippen molar-refractivity contribution in [2.45, 2.75) is 25.8 Å². The van der Waals surface area contributed by atoms with Crippen molar-refractivity contribution in [3.63, 3.8) is 0 Å². The molecule has 1 amide bonds. The number of piperazine rings is 1. The Balaban J connectivity index is 0.00000272. The third kappa shape index (κ3) is 5.90. The Bertz CT molecular complexity index is 859. The molecular weight excluding hydrogens is 507 g/mol. The molecule has 2 aliphatic rings. The normalized spacial score (nSPS) is 17.3. The number of amides is 1. The zero-order valence-corrected chi connectivity index (χ0v) is 20.3. The van der Waals surface area contributed by atoms with Gasteiger partial charge in [-0.2, -0.15) is 0 Å². The summed E-state index contributed by atoms with van der Waals surface area (Å²) in [6.07, 6.45) is 7.22. The Kier molecular flexibility index (Phi) is 8.56. The highest BCUT2D eigenvalue weighted by Gasteiger charge is 2.25. The molecule has 0 aromatic carbocycles. The van der Waals surface area contributed by atoms with Crippen LogP contribution < -0.4 is 10.2 Å². The summed E-state index contributed by atoms with van der Waals surface area (Å²) in [5.74, 6) is 2.27. The van der Waals surface area contributed by atoms with E-state index in [-0.39, 0.29) is 29.9 Å². The van der Waals surface area contributed by atoms with Crippen molar-refractivity contribution < 1.29 is 9.21 Å². The third-order valence-electron chi connectivity index (χ3n) is 5.75. The maximum absolute atomic E-state index is 12.4. The van der Waals surface area contributed by atoms with Crippen LogP contribution in [0.1, 0.15) is 35.4 Å². The number of aromatic nitrogens is 1. The smallest absolute Gasteiger partial charge is 0.289 e. The number of anilines is 1. The number of pyridine rings is 1. The molecular formula is C22H31IN6O2. The summed E-state index contributed by atoms with van der Waals surface area (Å²) in [6, 6.07) is 7.67. The average Bonchev–Trinajstić information content (AvgIpc) is 3.35. The molecule has 1 N–H and O–H groups in total. The molecule has 31 heavy (non-hydrogen) atoms. The summed E-state index contributed by atoms with van der Waals surface area (Å²) in [5.41, 5.74) is 1.19. The first kappa shape index (κ1) is 23.4. The number of hydrogen-bond acceptors (Lipinski definition) is 5. The van der Waals surface area contributed by atoms with Crippen LogP contribution in [-0.4, -0.2) is 73.0 Å². The topological polar surface area (TPSA) is 77.2 Å². The summed E-state index contributed by atoms with van der Waals surface area (Å²) in [5, 5.41) is 3.46. The first-order chi connectivity index (χ1) is 14.7. The minimum absolute atomic E-state index is 0. The highest BCUT2D eigenvalue weighted by molar-refractivity contribution is 14.0. The highest BCUT2D eigenvalue weighted by Crippen LogP contribution is 2.18. The van der Waals surface area contributed by atoms with Gasteiger partial charge in [-0.05, 0) is 49.1 Å². The van der Waals surface area contributed by atoms with E-state index in [4.69, 9.17) is 4.42 Å². The molecule has 0 saturated carbocycles. The highest BCUT2D eigenvalue weighted by atomic mass is 127. The molecule has 8 nitrogen and oxygen atoms in total. The van der Waals surface area contributed by atoms with E-state index in [1.165, 1.54) is 31.1 Å².